The van der Waals surface area contributed by atoms with Crippen LogP contribution in [0.4, 0.5) is 0 Å². The molecule has 118 valence electrons. The fourth-order valence-corrected chi connectivity index (χ4v) is 3.92. The molecule has 1 unspecified atom stereocenters. The molecule has 5 nitrogen and oxygen atoms in total. The van der Waals surface area contributed by atoms with E-state index in [-0.39, 0.29) is 6.04 Å². The molecule has 0 radical (unpaired) electrons. The summed E-state index contributed by atoms with van der Waals surface area (Å²) < 4.78 is 32.4. The van der Waals surface area contributed by atoms with Crippen LogP contribution in [0, 0.1) is 5.92 Å². The first-order chi connectivity index (χ1) is 9.91. The Morgan fingerprint density at radius 3 is 2.57 bits per heavy atom. The van der Waals surface area contributed by atoms with Gasteiger partial charge in [0.05, 0.1) is 11.5 Å². The van der Waals surface area contributed by atoms with E-state index in [1.54, 1.807) is 28.6 Å². The number of rotatable bonds is 5. The van der Waals surface area contributed by atoms with E-state index in [2.05, 4.69) is 19.2 Å². The van der Waals surface area contributed by atoms with Gasteiger partial charge >= 0.3 is 0 Å². The Morgan fingerprint density at radius 1 is 1.33 bits per heavy atom. The molecule has 6 heteroatoms. The highest BCUT2D eigenvalue weighted by Crippen LogP contribution is 2.22. The van der Waals surface area contributed by atoms with E-state index in [0.29, 0.717) is 42.8 Å². The lowest BCUT2D eigenvalue weighted by molar-refractivity contribution is 0.270. The van der Waals surface area contributed by atoms with Crippen molar-refractivity contribution in [3.8, 4) is 5.75 Å². The van der Waals surface area contributed by atoms with E-state index >= 15 is 0 Å². The van der Waals surface area contributed by atoms with E-state index in [4.69, 9.17) is 4.74 Å². The van der Waals surface area contributed by atoms with Crippen LogP contribution in [0.25, 0.3) is 0 Å². The van der Waals surface area contributed by atoms with Crippen molar-refractivity contribution in [1.82, 2.24) is 9.62 Å². The standard InChI is InChI=1S/C15H24N2O3S/c1-12(2)11-20-14-4-6-15(7-5-14)21(18,19)17-9-8-16-10-13(17)3/h4-7,12-13,16H,8-11H2,1-3H3. The first kappa shape index (κ1) is 16.3. The Bertz CT molecular complexity index is 555. The molecule has 2 rings (SSSR count). The SMILES string of the molecule is CC(C)COc1ccc(S(=O)(=O)N2CCNCC2C)cc1. The van der Waals surface area contributed by atoms with E-state index in [0.717, 1.165) is 0 Å². The van der Waals surface area contributed by atoms with Crippen LogP contribution in [0.3, 0.4) is 0 Å². The third-order valence-corrected chi connectivity index (χ3v) is 5.48. The molecule has 21 heavy (non-hydrogen) atoms. The third-order valence-electron chi connectivity index (χ3n) is 3.45. The van der Waals surface area contributed by atoms with Gasteiger partial charge in [-0.15, -0.1) is 0 Å². The molecule has 1 aliphatic heterocycles. The molecule has 0 aromatic heterocycles. The van der Waals surface area contributed by atoms with Crippen molar-refractivity contribution in [2.24, 2.45) is 5.92 Å². The van der Waals surface area contributed by atoms with Gasteiger partial charge in [0.15, 0.2) is 0 Å². The third kappa shape index (κ3) is 3.96. The molecule has 1 aromatic rings. The monoisotopic (exact) mass is 312 g/mol. The zero-order chi connectivity index (χ0) is 15.5. The number of nitrogens with zero attached hydrogens (tertiary/aromatic N) is 1. The molecular formula is C15H24N2O3S. The Hall–Kier alpha value is -1.11. The van der Waals surface area contributed by atoms with Crippen molar-refractivity contribution in [1.29, 1.82) is 0 Å². The molecule has 0 aliphatic carbocycles. The zero-order valence-corrected chi connectivity index (χ0v) is 13.7. The Balaban J connectivity index is 2.13. The highest BCUT2D eigenvalue weighted by atomic mass is 32.2. The highest BCUT2D eigenvalue weighted by molar-refractivity contribution is 7.89. The second-order valence-electron chi connectivity index (χ2n) is 5.85. The number of ether oxygens (including phenoxy) is 1. The average molecular weight is 312 g/mol. The van der Waals surface area contributed by atoms with Gasteiger partial charge in [-0.25, -0.2) is 8.42 Å². The average Bonchev–Trinajstić information content (AvgIpc) is 2.46. The lowest BCUT2D eigenvalue weighted by Gasteiger charge is -2.32. The summed E-state index contributed by atoms with van der Waals surface area (Å²) in [6, 6.07) is 6.67. The number of piperazine rings is 1. The van der Waals surface area contributed by atoms with Crippen LogP contribution in [-0.2, 0) is 10.0 Å². The fourth-order valence-electron chi connectivity index (χ4n) is 2.29. The lowest BCUT2D eigenvalue weighted by atomic mass is 10.2. The number of hydrogen-bond acceptors (Lipinski definition) is 4. The molecular weight excluding hydrogens is 288 g/mol. The smallest absolute Gasteiger partial charge is 0.243 e. The van der Waals surface area contributed by atoms with Crippen LogP contribution < -0.4 is 10.1 Å². The van der Waals surface area contributed by atoms with Crippen molar-refractivity contribution in [3.05, 3.63) is 24.3 Å². The molecule has 1 heterocycles. The fraction of sp³-hybridized carbons (Fsp3) is 0.600. The van der Waals surface area contributed by atoms with Gasteiger partial charge in [-0.2, -0.15) is 4.31 Å². The van der Waals surface area contributed by atoms with Crippen LogP contribution >= 0.6 is 0 Å². The van der Waals surface area contributed by atoms with Crippen LogP contribution in [0.15, 0.2) is 29.2 Å². The van der Waals surface area contributed by atoms with E-state index in [9.17, 15) is 8.42 Å². The molecule has 0 saturated carbocycles. The Labute approximate surface area is 127 Å². The summed E-state index contributed by atoms with van der Waals surface area (Å²) in [4.78, 5) is 0.327. The summed E-state index contributed by atoms with van der Waals surface area (Å²) >= 11 is 0. The number of benzene rings is 1. The van der Waals surface area contributed by atoms with Crippen LogP contribution in [-0.4, -0.2) is 45.0 Å². The molecule has 0 bridgehead atoms. The summed E-state index contributed by atoms with van der Waals surface area (Å²) in [5.41, 5.74) is 0. The minimum Gasteiger partial charge on any atom is -0.493 e. The Morgan fingerprint density at radius 2 is 2.00 bits per heavy atom. The van der Waals surface area contributed by atoms with Gasteiger partial charge in [0.1, 0.15) is 5.75 Å². The quantitative estimate of drug-likeness (QED) is 0.899. The first-order valence-corrected chi connectivity index (χ1v) is 8.80. The molecule has 1 saturated heterocycles. The summed E-state index contributed by atoms with van der Waals surface area (Å²) in [7, 11) is -3.42. The minimum absolute atomic E-state index is 0.0272. The summed E-state index contributed by atoms with van der Waals surface area (Å²) in [6.45, 7) is 8.59. The topological polar surface area (TPSA) is 58.6 Å². The van der Waals surface area contributed by atoms with Crippen LogP contribution in [0.2, 0.25) is 0 Å². The van der Waals surface area contributed by atoms with Crippen molar-refractivity contribution in [2.75, 3.05) is 26.2 Å². The minimum atomic E-state index is -3.42. The summed E-state index contributed by atoms with van der Waals surface area (Å²) in [5, 5.41) is 3.20. The largest absolute Gasteiger partial charge is 0.493 e. The number of sulfonamides is 1. The maximum absolute atomic E-state index is 12.6. The van der Waals surface area contributed by atoms with Crippen molar-refractivity contribution < 1.29 is 13.2 Å². The number of hydrogen-bond donors (Lipinski definition) is 1. The second-order valence-corrected chi connectivity index (χ2v) is 7.74. The van der Waals surface area contributed by atoms with Gasteiger partial charge in [-0.3, -0.25) is 0 Å². The Kier molecular flexibility index (Phi) is 5.24. The van der Waals surface area contributed by atoms with E-state index in [1.165, 1.54) is 0 Å². The predicted octanol–water partition coefficient (Wildman–Crippen LogP) is 1.70. The molecule has 1 aliphatic rings. The van der Waals surface area contributed by atoms with E-state index in [1.807, 2.05) is 6.92 Å². The van der Waals surface area contributed by atoms with Crippen molar-refractivity contribution >= 4 is 10.0 Å². The molecule has 0 spiro atoms. The van der Waals surface area contributed by atoms with Gasteiger partial charge < -0.3 is 10.1 Å². The maximum Gasteiger partial charge on any atom is 0.243 e. The van der Waals surface area contributed by atoms with E-state index < -0.39 is 10.0 Å². The number of nitrogens with one attached hydrogen (secondary N) is 1. The van der Waals surface area contributed by atoms with Crippen molar-refractivity contribution in [2.45, 2.75) is 31.7 Å². The van der Waals surface area contributed by atoms with Gasteiger partial charge in [-0.1, -0.05) is 13.8 Å². The molecule has 1 atom stereocenters. The normalized spacial score (nSPS) is 20.7. The van der Waals surface area contributed by atoms with Gasteiger partial charge in [0, 0.05) is 25.7 Å². The zero-order valence-electron chi connectivity index (χ0n) is 12.9. The molecule has 1 N–H and O–H groups in total. The second kappa shape index (κ2) is 6.77. The molecule has 1 fully saturated rings. The van der Waals surface area contributed by atoms with Crippen molar-refractivity contribution in [3.63, 3.8) is 0 Å². The predicted molar refractivity (Wildman–Crippen MR) is 83.0 cm³/mol. The maximum atomic E-state index is 12.6. The van der Waals surface area contributed by atoms with Gasteiger partial charge in [0.25, 0.3) is 0 Å². The summed E-state index contributed by atoms with van der Waals surface area (Å²) in [5.74, 6) is 1.14. The molecule has 1 aromatic carbocycles. The molecule has 0 amide bonds. The van der Waals surface area contributed by atoms with Gasteiger partial charge in [0.2, 0.25) is 10.0 Å². The highest BCUT2D eigenvalue weighted by Gasteiger charge is 2.30. The first-order valence-electron chi connectivity index (χ1n) is 7.36. The lowest BCUT2D eigenvalue weighted by Crippen LogP contribution is -2.52. The summed E-state index contributed by atoms with van der Waals surface area (Å²) in [6.07, 6.45) is 0. The van der Waals surface area contributed by atoms with Gasteiger partial charge in [-0.05, 0) is 37.1 Å². The van der Waals surface area contributed by atoms with Crippen LogP contribution in [0.1, 0.15) is 20.8 Å². The van der Waals surface area contributed by atoms with Crippen LogP contribution in [0.5, 0.6) is 5.75 Å².